The van der Waals surface area contributed by atoms with Crippen LogP contribution in [-0.2, 0) is 14.3 Å². The van der Waals surface area contributed by atoms with E-state index in [1.165, 1.54) is 12.1 Å². The third-order valence-electron chi connectivity index (χ3n) is 2.09. The van der Waals surface area contributed by atoms with Crippen molar-refractivity contribution in [3.05, 3.63) is 28.7 Å². The van der Waals surface area contributed by atoms with Crippen LogP contribution >= 0.6 is 15.9 Å². The second-order valence-corrected chi connectivity index (χ2v) is 6.09. The fourth-order valence-electron chi connectivity index (χ4n) is 1.33. The highest BCUT2D eigenvalue weighted by Gasteiger charge is 2.18. The minimum atomic E-state index is -3.62. The Balaban J connectivity index is 2.82. The zero-order valence-corrected chi connectivity index (χ0v) is 11.7. The van der Waals surface area contributed by atoms with E-state index in [2.05, 4.69) is 15.9 Å². The highest BCUT2D eigenvalue weighted by Crippen LogP contribution is 2.18. The minimum Gasteiger partial charge on any atom is -0.263 e. The molecule has 0 bridgehead atoms. The molecule has 0 aromatic heterocycles. The number of hydrogen-bond acceptors (Lipinski definition) is 3. The zero-order valence-electron chi connectivity index (χ0n) is 9.31. The summed E-state index contributed by atoms with van der Waals surface area (Å²) >= 11 is 3.25. The second kappa shape index (κ2) is 5.80. The van der Waals surface area contributed by atoms with Gasteiger partial charge in [-0.2, -0.15) is 8.42 Å². The van der Waals surface area contributed by atoms with E-state index in [-0.39, 0.29) is 11.0 Å². The summed E-state index contributed by atoms with van der Waals surface area (Å²) in [6, 6.07) is 6.41. The van der Waals surface area contributed by atoms with Crippen LogP contribution in [0.5, 0.6) is 0 Å². The SMILES string of the molecule is CCC[C@@H](C)OS(=O)(=O)c1ccc(Br)cc1. The third-order valence-corrected chi connectivity index (χ3v) is 4.05. The lowest BCUT2D eigenvalue weighted by Crippen LogP contribution is -2.15. The summed E-state index contributed by atoms with van der Waals surface area (Å²) in [5.41, 5.74) is 0. The first-order chi connectivity index (χ1) is 7.45. The average molecular weight is 307 g/mol. The van der Waals surface area contributed by atoms with E-state index in [0.717, 1.165) is 17.3 Å². The fourth-order valence-corrected chi connectivity index (χ4v) is 2.70. The topological polar surface area (TPSA) is 43.4 Å². The maximum atomic E-state index is 11.8. The molecule has 0 aliphatic carbocycles. The van der Waals surface area contributed by atoms with E-state index < -0.39 is 10.1 Å². The van der Waals surface area contributed by atoms with Crippen LogP contribution in [0.2, 0.25) is 0 Å². The average Bonchev–Trinajstić information content (AvgIpc) is 2.17. The Kier molecular flexibility index (Phi) is 4.95. The molecule has 0 radical (unpaired) electrons. The van der Waals surface area contributed by atoms with Crippen LogP contribution < -0.4 is 0 Å². The van der Waals surface area contributed by atoms with Gasteiger partial charge in [0.15, 0.2) is 0 Å². The van der Waals surface area contributed by atoms with Gasteiger partial charge in [-0.15, -0.1) is 0 Å². The number of rotatable bonds is 5. The molecular weight excluding hydrogens is 292 g/mol. The smallest absolute Gasteiger partial charge is 0.263 e. The predicted octanol–water partition coefficient (Wildman–Crippen LogP) is 3.34. The molecule has 16 heavy (non-hydrogen) atoms. The van der Waals surface area contributed by atoms with Crippen LogP contribution in [0.3, 0.4) is 0 Å². The molecule has 0 saturated heterocycles. The first-order valence-corrected chi connectivity index (χ1v) is 7.34. The van der Waals surface area contributed by atoms with Gasteiger partial charge in [0.05, 0.1) is 11.0 Å². The lowest BCUT2D eigenvalue weighted by molar-refractivity contribution is 0.217. The molecule has 1 atom stereocenters. The summed E-state index contributed by atoms with van der Waals surface area (Å²) in [6.45, 7) is 3.76. The minimum absolute atomic E-state index is 0.193. The maximum absolute atomic E-state index is 11.8. The van der Waals surface area contributed by atoms with Crippen LogP contribution in [0.1, 0.15) is 26.7 Å². The quantitative estimate of drug-likeness (QED) is 0.784. The Bertz CT molecular complexity index is 425. The molecule has 1 aromatic rings. The lowest BCUT2D eigenvalue weighted by Gasteiger charge is -2.11. The van der Waals surface area contributed by atoms with Crippen molar-refractivity contribution in [1.29, 1.82) is 0 Å². The molecule has 5 heteroatoms. The van der Waals surface area contributed by atoms with Crippen molar-refractivity contribution in [2.24, 2.45) is 0 Å². The fraction of sp³-hybridized carbons (Fsp3) is 0.455. The van der Waals surface area contributed by atoms with Crippen LogP contribution in [0.15, 0.2) is 33.6 Å². The Labute approximate surface area is 105 Å². The van der Waals surface area contributed by atoms with E-state index >= 15 is 0 Å². The van der Waals surface area contributed by atoms with Gasteiger partial charge < -0.3 is 0 Å². The Morgan fingerprint density at radius 3 is 2.38 bits per heavy atom. The summed E-state index contributed by atoms with van der Waals surface area (Å²) in [4.78, 5) is 0.193. The summed E-state index contributed by atoms with van der Waals surface area (Å²) in [7, 11) is -3.62. The van der Waals surface area contributed by atoms with Gasteiger partial charge in [-0.1, -0.05) is 29.3 Å². The van der Waals surface area contributed by atoms with E-state index in [1.54, 1.807) is 19.1 Å². The Hall–Kier alpha value is -0.390. The molecular formula is C11H15BrO3S. The molecule has 3 nitrogen and oxygen atoms in total. The molecule has 0 N–H and O–H groups in total. The van der Waals surface area contributed by atoms with E-state index in [1.807, 2.05) is 6.92 Å². The number of hydrogen-bond donors (Lipinski definition) is 0. The van der Waals surface area contributed by atoms with Crippen molar-refractivity contribution < 1.29 is 12.6 Å². The van der Waals surface area contributed by atoms with E-state index in [4.69, 9.17) is 4.18 Å². The summed E-state index contributed by atoms with van der Waals surface area (Å²) < 4.78 is 29.5. The molecule has 0 fully saturated rings. The van der Waals surface area contributed by atoms with Crippen molar-refractivity contribution in [2.75, 3.05) is 0 Å². The summed E-state index contributed by atoms with van der Waals surface area (Å²) in [5, 5.41) is 0. The van der Waals surface area contributed by atoms with Gasteiger partial charge in [-0.3, -0.25) is 4.18 Å². The first kappa shape index (κ1) is 13.7. The van der Waals surface area contributed by atoms with Crippen molar-refractivity contribution in [2.45, 2.75) is 37.7 Å². The van der Waals surface area contributed by atoms with E-state index in [0.29, 0.717) is 0 Å². The predicted molar refractivity (Wildman–Crippen MR) is 66.8 cm³/mol. The second-order valence-electron chi connectivity index (χ2n) is 3.60. The Morgan fingerprint density at radius 1 is 1.31 bits per heavy atom. The number of halogens is 1. The largest absolute Gasteiger partial charge is 0.297 e. The third kappa shape index (κ3) is 3.88. The molecule has 0 amide bonds. The van der Waals surface area contributed by atoms with Gasteiger partial charge in [0.25, 0.3) is 10.1 Å². The van der Waals surface area contributed by atoms with Crippen molar-refractivity contribution in [3.8, 4) is 0 Å². The van der Waals surface area contributed by atoms with Gasteiger partial charge in [-0.25, -0.2) is 0 Å². The molecule has 90 valence electrons. The molecule has 0 saturated carbocycles. The summed E-state index contributed by atoms with van der Waals surface area (Å²) in [5.74, 6) is 0. The van der Waals surface area contributed by atoms with Crippen LogP contribution in [0, 0.1) is 0 Å². The first-order valence-electron chi connectivity index (χ1n) is 5.14. The lowest BCUT2D eigenvalue weighted by atomic mass is 10.2. The zero-order chi connectivity index (χ0) is 12.2. The molecule has 1 aromatic carbocycles. The molecule has 0 heterocycles. The monoisotopic (exact) mass is 306 g/mol. The molecule has 0 spiro atoms. The molecule has 1 rings (SSSR count). The number of benzene rings is 1. The van der Waals surface area contributed by atoms with Gasteiger partial charge in [-0.05, 0) is 37.6 Å². The highest BCUT2D eigenvalue weighted by molar-refractivity contribution is 9.10. The molecule has 0 aliphatic rings. The van der Waals surface area contributed by atoms with Crippen molar-refractivity contribution in [1.82, 2.24) is 0 Å². The van der Waals surface area contributed by atoms with Gasteiger partial charge >= 0.3 is 0 Å². The maximum Gasteiger partial charge on any atom is 0.297 e. The van der Waals surface area contributed by atoms with E-state index in [9.17, 15) is 8.42 Å². The standard InChI is InChI=1S/C11H15BrO3S/c1-3-4-9(2)15-16(13,14)11-7-5-10(12)6-8-11/h5-9H,3-4H2,1-2H3/t9-/m1/s1. The van der Waals surface area contributed by atoms with Crippen LogP contribution in [0.25, 0.3) is 0 Å². The van der Waals surface area contributed by atoms with Gasteiger partial charge in [0, 0.05) is 4.47 Å². The van der Waals surface area contributed by atoms with Crippen molar-refractivity contribution >= 4 is 26.0 Å². The normalized spacial score (nSPS) is 13.7. The van der Waals surface area contributed by atoms with Crippen LogP contribution in [-0.4, -0.2) is 14.5 Å². The molecule has 0 aliphatic heterocycles. The Morgan fingerprint density at radius 2 is 1.88 bits per heavy atom. The van der Waals surface area contributed by atoms with Crippen LogP contribution in [0.4, 0.5) is 0 Å². The summed E-state index contributed by atoms with van der Waals surface area (Å²) in [6.07, 6.45) is 1.35. The van der Waals surface area contributed by atoms with Gasteiger partial charge in [0.2, 0.25) is 0 Å². The highest BCUT2D eigenvalue weighted by atomic mass is 79.9. The van der Waals surface area contributed by atoms with Gasteiger partial charge in [0.1, 0.15) is 0 Å². The molecule has 0 unspecified atom stereocenters. The van der Waals surface area contributed by atoms with Crippen molar-refractivity contribution in [3.63, 3.8) is 0 Å².